The number of ether oxygens (including phenoxy) is 1. The van der Waals surface area contributed by atoms with Crippen LogP contribution < -0.4 is 10.1 Å². The van der Waals surface area contributed by atoms with Gasteiger partial charge >= 0.3 is 0 Å². The molecule has 0 saturated heterocycles. The van der Waals surface area contributed by atoms with Gasteiger partial charge in [-0.05, 0) is 25.6 Å². The molecule has 2 rings (SSSR count). The Morgan fingerprint density at radius 2 is 2.05 bits per heavy atom. The smallest absolute Gasteiger partial charge is 0.213 e. The van der Waals surface area contributed by atoms with Gasteiger partial charge in [-0.15, -0.1) is 0 Å². The third-order valence-electron chi connectivity index (χ3n) is 3.03. The highest BCUT2D eigenvalue weighted by atomic mass is 35.5. The van der Waals surface area contributed by atoms with Crippen molar-refractivity contribution in [2.75, 3.05) is 7.05 Å². The maximum atomic E-state index is 6.07. The molecule has 4 heteroatoms. The Morgan fingerprint density at radius 1 is 1.26 bits per heavy atom. The number of hydrogen-bond donors (Lipinski definition) is 1. The van der Waals surface area contributed by atoms with Gasteiger partial charge in [-0.25, -0.2) is 4.98 Å². The van der Waals surface area contributed by atoms with Crippen LogP contribution >= 0.6 is 11.6 Å². The number of pyridine rings is 1. The van der Waals surface area contributed by atoms with Crippen molar-refractivity contribution in [1.29, 1.82) is 0 Å². The van der Waals surface area contributed by atoms with Gasteiger partial charge in [0.15, 0.2) is 0 Å². The van der Waals surface area contributed by atoms with E-state index < -0.39 is 0 Å². The number of halogens is 1. The molecule has 1 aromatic carbocycles. The molecule has 1 unspecified atom stereocenters. The summed E-state index contributed by atoms with van der Waals surface area (Å²) in [4.78, 5) is 4.29. The third-order valence-corrected chi connectivity index (χ3v) is 3.39. The first-order chi connectivity index (χ1) is 9.20. The lowest BCUT2D eigenvalue weighted by molar-refractivity contribution is 0.293. The molecule has 3 nitrogen and oxygen atoms in total. The van der Waals surface area contributed by atoms with Gasteiger partial charge in [-0.3, -0.25) is 0 Å². The van der Waals surface area contributed by atoms with Crippen molar-refractivity contribution < 1.29 is 4.74 Å². The van der Waals surface area contributed by atoms with Crippen molar-refractivity contribution >= 4 is 11.6 Å². The van der Waals surface area contributed by atoms with E-state index in [0.29, 0.717) is 17.5 Å². The second-order valence-corrected chi connectivity index (χ2v) is 4.73. The topological polar surface area (TPSA) is 34.1 Å². The molecule has 100 valence electrons. The normalized spacial score (nSPS) is 12.2. The zero-order chi connectivity index (χ0) is 13.7. The van der Waals surface area contributed by atoms with E-state index in [9.17, 15) is 0 Å². The second kappa shape index (κ2) is 6.55. The van der Waals surface area contributed by atoms with Crippen molar-refractivity contribution in [3.05, 3.63) is 58.7 Å². The number of benzene rings is 1. The van der Waals surface area contributed by atoms with Crippen LogP contribution in [0.4, 0.5) is 0 Å². The van der Waals surface area contributed by atoms with Gasteiger partial charge in [-0.1, -0.05) is 35.9 Å². The van der Waals surface area contributed by atoms with E-state index >= 15 is 0 Å². The molecule has 0 saturated carbocycles. The van der Waals surface area contributed by atoms with E-state index in [1.807, 2.05) is 49.6 Å². The monoisotopic (exact) mass is 276 g/mol. The Hall–Kier alpha value is -1.58. The zero-order valence-corrected chi connectivity index (χ0v) is 11.8. The molecule has 1 N–H and O–H groups in total. The average molecular weight is 277 g/mol. The summed E-state index contributed by atoms with van der Waals surface area (Å²) in [6.45, 7) is 2.51. The SMILES string of the molecule is CNC(C)c1ccc(OCc2ccccc2Cl)nc1. The first-order valence-corrected chi connectivity index (χ1v) is 6.58. The van der Waals surface area contributed by atoms with Gasteiger partial charge < -0.3 is 10.1 Å². The molecule has 0 spiro atoms. The molecule has 19 heavy (non-hydrogen) atoms. The Morgan fingerprint density at radius 3 is 2.68 bits per heavy atom. The molecule has 0 amide bonds. The maximum absolute atomic E-state index is 6.07. The second-order valence-electron chi connectivity index (χ2n) is 4.32. The van der Waals surface area contributed by atoms with E-state index in [4.69, 9.17) is 16.3 Å². The minimum Gasteiger partial charge on any atom is -0.473 e. The summed E-state index contributed by atoms with van der Waals surface area (Å²) >= 11 is 6.07. The lowest BCUT2D eigenvalue weighted by Gasteiger charge is -2.11. The van der Waals surface area contributed by atoms with Gasteiger partial charge in [-0.2, -0.15) is 0 Å². The van der Waals surface area contributed by atoms with Crippen molar-refractivity contribution in [1.82, 2.24) is 10.3 Å². The molecule has 0 aliphatic rings. The maximum Gasteiger partial charge on any atom is 0.213 e. The minimum atomic E-state index is 0.283. The minimum absolute atomic E-state index is 0.283. The van der Waals surface area contributed by atoms with E-state index in [1.165, 1.54) is 0 Å². The summed E-state index contributed by atoms with van der Waals surface area (Å²) in [5.74, 6) is 0.604. The standard InChI is InChI=1S/C15H17ClN2O/c1-11(17-2)12-7-8-15(18-9-12)19-10-13-5-3-4-6-14(13)16/h3-9,11,17H,10H2,1-2H3. The van der Waals surface area contributed by atoms with Gasteiger partial charge in [0.05, 0.1) is 0 Å². The zero-order valence-electron chi connectivity index (χ0n) is 11.1. The highest BCUT2D eigenvalue weighted by Crippen LogP contribution is 2.18. The fourth-order valence-corrected chi connectivity index (χ4v) is 1.86. The highest BCUT2D eigenvalue weighted by molar-refractivity contribution is 6.31. The number of aromatic nitrogens is 1. The summed E-state index contributed by atoms with van der Waals surface area (Å²) in [6.07, 6.45) is 1.82. The largest absolute Gasteiger partial charge is 0.473 e. The van der Waals surface area contributed by atoms with Crippen LogP contribution in [0, 0.1) is 0 Å². The Labute approximate surface area is 118 Å². The number of nitrogens with zero attached hydrogens (tertiary/aromatic N) is 1. The van der Waals surface area contributed by atoms with E-state index in [2.05, 4.69) is 17.2 Å². The van der Waals surface area contributed by atoms with Crippen molar-refractivity contribution in [2.24, 2.45) is 0 Å². The Kier molecular flexibility index (Phi) is 4.77. The fraction of sp³-hybridized carbons (Fsp3) is 0.267. The van der Waals surface area contributed by atoms with Crippen LogP contribution in [0.2, 0.25) is 5.02 Å². The average Bonchev–Trinajstić information content (AvgIpc) is 2.46. The summed E-state index contributed by atoms with van der Waals surface area (Å²) in [7, 11) is 1.92. The lowest BCUT2D eigenvalue weighted by atomic mass is 10.1. The van der Waals surface area contributed by atoms with Crippen molar-refractivity contribution in [3.63, 3.8) is 0 Å². The first kappa shape index (κ1) is 13.8. The quantitative estimate of drug-likeness (QED) is 0.906. The molecule has 0 bridgehead atoms. The van der Waals surface area contributed by atoms with Crippen LogP contribution in [0.25, 0.3) is 0 Å². The molecule has 0 aliphatic heterocycles. The van der Waals surface area contributed by atoms with E-state index in [0.717, 1.165) is 11.1 Å². The van der Waals surface area contributed by atoms with Crippen LogP contribution in [0.15, 0.2) is 42.6 Å². The predicted molar refractivity (Wildman–Crippen MR) is 77.5 cm³/mol. The molecule has 1 heterocycles. The van der Waals surface area contributed by atoms with Gasteiger partial charge in [0, 0.05) is 28.9 Å². The molecular weight excluding hydrogens is 260 g/mol. The first-order valence-electron chi connectivity index (χ1n) is 6.20. The predicted octanol–water partition coefficient (Wildman–Crippen LogP) is 3.59. The highest BCUT2D eigenvalue weighted by Gasteiger charge is 2.04. The summed E-state index contributed by atoms with van der Waals surface area (Å²) in [5, 5.41) is 3.88. The van der Waals surface area contributed by atoms with Crippen LogP contribution in [-0.2, 0) is 6.61 Å². The fourth-order valence-electron chi connectivity index (χ4n) is 1.67. The molecule has 0 radical (unpaired) electrons. The van der Waals surface area contributed by atoms with E-state index in [1.54, 1.807) is 0 Å². The number of hydrogen-bond acceptors (Lipinski definition) is 3. The van der Waals surface area contributed by atoms with Gasteiger partial charge in [0.1, 0.15) is 6.61 Å². The van der Waals surface area contributed by atoms with Gasteiger partial charge in [0.2, 0.25) is 5.88 Å². The molecule has 0 aliphatic carbocycles. The molecule has 1 atom stereocenters. The number of nitrogens with one attached hydrogen (secondary N) is 1. The lowest BCUT2D eigenvalue weighted by Crippen LogP contribution is -2.12. The molecular formula is C15H17ClN2O. The Balaban J connectivity index is 1.99. The van der Waals surface area contributed by atoms with E-state index in [-0.39, 0.29) is 6.04 Å². The summed E-state index contributed by atoms with van der Waals surface area (Å²) in [6, 6.07) is 11.8. The third kappa shape index (κ3) is 3.69. The molecule has 2 aromatic rings. The van der Waals surface area contributed by atoms with Crippen LogP contribution in [0.5, 0.6) is 5.88 Å². The van der Waals surface area contributed by atoms with Crippen LogP contribution in [-0.4, -0.2) is 12.0 Å². The van der Waals surface area contributed by atoms with Crippen LogP contribution in [0.1, 0.15) is 24.1 Å². The summed E-state index contributed by atoms with van der Waals surface area (Å²) in [5.41, 5.74) is 2.09. The number of rotatable bonds is 5. The van der Waals surface area contributed by atoms with Crippen molar-refractivity contribution in [2.45, 2.75) is 19.6 Å². The Bertz CT molecular complexity index is 528. The van der Waals surface area contributed by atoms with Gasteiger partial charge in [0.25, 0.3) is 0 Å². The van der Waals surface area contributed by atoms with Crippen molar-refractivity contribution in [3.8, 4) is 5.88 Å². The van der Waals surface area contributed by atoms with Crippen LogP contribution in [0.3, 0.4) is 0 Å². The molecule has 0 fully saturated rings. The molecule has 1 aromatic heterocycles. The summed E-state index contributed by atoms with van der Waals surface area (Å²) < 4.78 is 5.63.